The molecule has 0 radical (unpaired) electrons. The molecular weight excluding hydrogens is 498 g/mol. The van der Waals surface area contributed by atoms with E-state index in [1.807, 2.05) is 6.92 Å². The number of hydrogen-bond donors (Lipinski definition) is 0. The molecule has 0 amide bonds. The van der Waals surface area contributed by atoms with Crippen molar-refractivity contribution >= 4 is 40.2 Å². The van der Waals surface area contributed by atoms with E-state index in [-0.39, 0.29) is 5.52 Å². The van der Waals surface area contributed by atoms with Crippen LogP contribution in [0.25, 0.3) is 11.0 Å². The predicted molar refractivity (Wildman–Crippen MR) is 133 cm³/mol. The molecule has 2 aliphatic rings. The summed E-state index contributed by atoms with van der Waals surface area (Å²) in [5.41, 5.74) is 1.38. The number of fused-ring (bicyclic) bond motifs is 1. The van der Waals surface area contributed by atoms with Gasteiger partial charge in [0.1, 0.15) is 0 Å². The maximum Gasteiger partial charge on any atom is 0.489 e. The van der Waals surface area contributed by atoms with E-state index in [1.165, 1.54) is 19.0 Å². The quantitative estimate of drug-likeness (QED) is 0.379. The van der Waals surface area contributed by atoms with Crippen LogP contribution >= 0.6 is 23.2 Å². The molecular formula is C25H28Cl2F3N5. The Balaban J connectivity index is 1.45. The normalized spacial score (nSPS) is 20.9. The van der Waals surface area contributed by atoms with Crippen LogP contribution in [0.1, 0.15) is 43.7 Å². The van der Waals surface area contributed by atoms with Gasteiger partial charge in [0, 0.05) is 47.4 Å². The minimum atomic E-state index is -4.58. The molecule has 188 valence electrons. The molecule has 0 saturated carbocycles. The molecule has 1 unspecified atom stereocenters. The molecule has 2 saturated heterocycles. The minimum absolute atomic E-state index is 0.0591. The van der Waals surface area contributed by atoms with Gasteiger partial charge in [0.05, 0.1) is 17.2 Å². The van der Waals surface area contributed by atoms with E-state index in [0.717, 1.165) is 38.9 Å². The fraction of sp³-hybridized carbons (Fsp3) is 0.520. The van der Waals surface area contributed by atoms with Gasteiger partial charge in [0.2, 0.25) is 5.95 Å². The zero-order valence-electron chi connectivity index (χ0n) is 19.7. The van der Waals surface area contributed by atoms with Gasteiger partial charge in [-0.15, -0.1) is 13.2 Å². The summed E-state index contributed by atoms with van der Waals surface area (Å²) in [6, 6.07) is 5.04. The van der Waals surface area contributed by atoms with Crippen molar-refractivity contribution in [2.24, 2.45) is 11.8 Å². The van der Waals surface area contributed by atoms with Crippen molar-refractivity contribution in [2.45, 2.75) is 38.9 Å². The average Bonchev–Trinajstić information content (AvgIpc) is 3.17. The summed E-state index contributed by atoms with van der Waals surface area (Å²) in [4.78, 5) is 13.5. The van der Waals surface area contributed by atoms with Crippen LogP contribution in [0.15, 0.2) is 30.6 Å². The lowest BCUT2D eigenvalue weighted by Crippen LogP contribution is -2.54. The lowest BCUT2D eigenvalue weighted by atomic mass is 9.81. The Morgan fingerprint density at radius 3 is 2.57 bits per heavy atom. The summed E-state index contributed by atoms with van der Waals surface area (Å²) < 4.78 is 41.8. The van der Waals surface area contributed by atoms with Gasteiger partial charge < -0.3 is 9.80 Å². The van der Waals surface area contributed by atoms with Crippen LogP contribution in [0.4, 0.5) is 19.1 Å². The number of aromatic nitrogens is 3. The number of hydrogen-bond acceptors (Lipinski definition) is 4. The van der Waals surface area contributed by atoms with E-state index in [2.05, 4.69) is 26.7 Å². The Morgan fingerprint density at radius 1 is 1.11 bits per heavy atom. The Hall–Kier alpha value is -2.03. The average molecular weight is 526 g/mol. The van der Waals surface area contributed by atoms with Gasteiger partial charge >= 0.3 is 6.30 Å². The van der Waals surface area contributed by atoms with Gasteiger partial charge in [-0.3, -0.25) is 4.57 Å². The van der Waals surface area contributed by atoms with Gasteiger partial charge in [0.15, 0.2) is 0 Å². The van der Waals surface area contributed by atoms with Crippen molar-refractivity contribution in [2.75, 3.05) is 37.6 Å². The first-order chi connectivity index (χ1) is 16.7. The monoisotopic (exact) mass is 525 g/mol. The molecule has 2 atom stereocenters. The summed E-state index contributed by atoms with van der Waals surface area (Å²) in [6.07, 6.45) is 0.263. The smallest absolute Gasteiger partial charge is 0.340 e. The largest absolute Gasteiger partial charge is 0.489 e. The van der Waals surface area contributed by atoms with Crippen LogP contribution < -0.4 is 4.90 Å². The van der Waals surface area contributed by atoms with Crippen LogP contribution in [-0.4, -0.2) is 52.2 Å². The molecule has 35 heavy (non-hydrogen) atoms. The number of nitrogens with zero attached hydrogens (tertiary/aromatic N) is 5. The van der Waals surface area contributed by atoms with Crippen molar-refractivity contribution in [3.8, 4) is 0 Å². The Morgan fingerprint density at radius 2 is 1.89 bits per heavy atom. The second kappa shape index (κ2) is 9.45. The fourth-order valence-corrected chi connectivity index (χ4v) is 6.03. The van der Waals surface area contributed by atoms with Crippen LogP contribution in [0.5, 0.6) is 0 Å². The highest BCUT2D eigenvalue weighted by Gasteiger charge is 2.38. The first-order valence-electron chi connectivity index (χ1n) is 12.0. The van der Waals surface area contributed by atoms with E-state index in [1.54, 1.807) is 18.2 Å². The van der Waals surface area contributed by atoms with Crippen molar-refractivity contribution in [3.63, 3.8) is 0 Å². The molecule has 4 heterocycles. The molecule has 2 fully saturated rings. The standard InChI is InChI=1S/C25H28Cl2F3N5/c1-3-33-8-4-5-16(11-33)17-12-34(13-17)24-31-10-22-23(32-24)20(14-35(22)25(28,29)30)15(2)19-7-6-18(26)9-21(19)27/h6-7,9-10,14-17H,3-5,8,11-13H2,1-2H3/t15?,16-/m0/s1. The van der Waals surface area contributed by atoms with Gasteiger partial charge in [-0.2, -0.15) is 0 Å². The maximum atomic E-state index is 13.8. The zero-order valence-corrected chi connectivity index (χ0v) is 21.2. The highest BCUT2D eigenvalue weighted by atomic mass is 35.5. The summed E-state index contributed by atoms with van der Waals surface area (Å²) in [5, 5.41) is 0.881. The lowest BCUT2D eigenvalue weighted by molar-refractivity contribution is -0.200. The predicted octanol–water partition coefficient (Wildman–Crippen LogP) is 6.53. The third-order valence-corrected chi connectivity index (χ3v) is 8.14. The molecule has 0 aliphatic carbocycles. The molecule has 5 nitrogen and oxygen atoms in total. The van der Waals surface area contributed by atoms with Crippen molar-refractivity contribution in [1.29, 1.82) is 0 Å². The molecule has 0 N–H and O–H groups in total. The summed E-state index contributed by atoms with van der Waals surface area (Å²) in [6.45, 7) is 9.05. The van der Waals surface area contributed by atoms with E-state index in [9.17, 15) is 13.2 Å². The highest BCUT2D eigenvalue weighted by Crippen LogP contribution is 2.39. The number of piperidine rings is 1. The molecule has 0 spiro atoms. The van der Waals surface area contributed by atoms with Crippen molar-refractivity contribution < 1.29 is 13.2 Å². The van der Waals surface area contributed by atoms with Crippen LogP contribution in [-0.2, 0) is 6.30 Å². The van der Waals surface area contributed by atoms with Crippen LogP contribution in [0.2, 0.25) is 10.0 Å². The van der Waals surface area contributed by atoms with Gasteiger partial charge in [0.25, 0.3) is 0 Å². The number of likely N-dealkylation sites (tertiary alicyclic amines) is 1. The highest BCUT2D eigenvalue weighted by molar-refractivity contribution is 6.35. The second-order valence-corrected chi connectivity index (χ2v) is 10.5. The van der Waals surface area contributed by atoms with Crippen molar-refractivity contribution in [1.82, 2.24) is 19.4 Å². The SMILES string of the molecule is CCN1CCC[C@H](C2CN(c3ncc4c(n3)c(C(C)c3ccc(Cl)cc3Cl)cn4C(F)(F)F)C2)C1. The van der Waals surface area contributed by atoms with Gasteiger partial charge in [-0.1, -0.05) is 43.1 Å². The second-order valence-electron chi connectivity index (χ2n) is 9.67. The zero-order chi connectivity index (χ0) is 24.9. The molecule has 2 aromatic heterocycles. The van der Waals surface area contributed by atoms with E-state index < -0.39 is 12.2 Å². The molecule has 0 bridgehead atoms. The first-order valence-corrected chi connectivity index (χ1v) is 12.8. The van der Waals surface area contributed by atoms with Crippen molar-refractivity contribution in [3.05, 3.63) is 51.8 Å². The Bertz CT molecular complexity index is 1220. The summed E-state index contributed by atoms with van der Waals surface area (Å²) in [5.74, 6) is 1.28. The Labute approximate surface area is 212 Å². The molecule has 10 heteroatoms. The molecule has 2 aliphatic heterocycles. The Kier molecular flexibility index (Phi) is 6.66. The summed E-state index contributed by atoms with van der Waals surface area (Å²) in [7, 11) is 0. The number of rotatable bonds is 5. The third kappa shape index (κ3) is 4.72. The lowest BCUT2D eigenvalue weighted by Gasteiger charge is -2.46. The maximum absolute atomic E-state index is 13.8. The van der Waals surface area contributed by atoms with E-state index >= 15 is 0 Å². The molecule has 1 aromatic carbocycles. The minimum Gasteiger partial charge on any atom is -0.340 e. The number of benzene rings is 1. The van der Waals surface area contributed by atoms with Gasteiger partial charge in [-0.05, 0) is 55.5 Å². The number of alkyl halides is 3. The number of anilines is 1. The van der Waals surface area contributed by atoms with Crippen LogP contribution in [0, 0.1) is 11.8 Å². The fourth-order valence-electron chi connectivity index (χ4n) is 5.46. The topological polar surface area (TPSA) is 37.2 Å². The van der Waals surface area contributed by atoms with Crippen LogP contribution in [0.3, 0.4) is 0 Å². The van der Waals surface area contributed by atoms with E-state index in [0.29, 0.717) is 49.0 Å². The van der Waals surface area contributed by atoms with Gasteiger partial charge in [-0.25, -0.2) is 9.97 Å². The first kappa shape index (κ1) is 24.7. The van der Waals surface area contributed by atoms with E-state index in [4.69, 9.17) is 23.2 Å². The number of halogens is 5. The third-order valence-electron chi connectivity index (χ3n) is 7.58. The molecule has 5 rings (SSSR count). The summed E-state index contributed by atoms with van der Waals surface area (Å²) >= 11 is 12.4. The molecule has 3 aromatic rings.